The van der Waals surface area contributed by atoms with Crippen LogP contribution in [0.1, 0.15) is 29.5 Å². The molecule has 0 saturated carbocycles. The van der Waals surface area contributed by atoms with Crippen LogP contribution >= 0.6 is 15.9 Å². The highest BCUT2D eigenvalue weighted by molar-refractivity contribution is 9.10. The molecule has 0 amide bonds. The average Bonchev–Trinajstić information content (AvgIpc) is 2.71. The van der Waals surface area contributed by atoms with Gasteiger partial charge in [-0.3, -0.25) is 0 Å². The molecule has 0 spiro atoms. The first-order valence-corrected chi connectivity index (χ1v) is 6.25. The number of rotatable bonds is 3. The van der Waals surface area contributed by atoms with Gasteiger partial charge in [0.2, 0.25) is 0 Å². The lowest BCUT2D eigenvalue weighted by molar-refractivity contribution is 0.0601. The highest BCUT2D eigenvalue weighted by Crippen LogP contribution is 2.29. The molecular formula is C13H13BrO3. The molecule has 0 aliphatic rings. The molecular weight excluding hydrogens is 284 g/mol. The molecule has 1 heterocycles. The second-order valence-electron chi connectivity index (χ2n) is 3.83. The molecule has 3 nitrogen and oxygen atoms in total. The molecule has 4 heteroatoms. The summed E-state index contributed by atoms with van der Waals surface area (Å²) in [6.45, 7) is 2.10. The fourth-order valence-electron chi connectivity index (χ4n) is 1.77. The number of methoxy groups -OCH3 is 1. The third-order valence-corrected chi connectivity index (χ3v) is 3.13. The zero-order valence-electron chi connectivity index (χ0n) is 9.75. The van der Waals surface area contributed by atoms with Gasteiger partial charge in [-0.05, 0) is 40.5 Å². The molecule has 90 valence electrons. The Morgan fingerprint density at radius 3 is 2.82 bits per heavy atom. The van der Waals surface area contributed by atoms with E-state index in [2.05, 4.69) is 22.9 Å². The number of fused-ring (bicyclic) bond motifs is 1. The van der Waals surface area contributed by atoms with Gasteiger partial charge in [0.1, 0.15) is 11.3 Å². The van der Waals surface area contributed by atoms with Gasteiger partial charge < -0.3 is 9.15 Å². The van der Waals surface area contributed by atoms with Crippen molar-refractivity contribution in [2.75, 3.05) is 7.11 Å². The van der Waals surface area contributed by atoms with E-state index in [9.17, 15) is 4.79 Å². The third kappa shape index (κ3) is 2.36. The van der Waals surface area contributed by atoms with Crippen molar-refractivity contribution < 1.29 is 13.9 Å². The molecule has 1 aromatic carbocycles. The van der Waals surface area contributed by atoms with Crippen LogP contribution in [0.4, 0.5) is 0 Å². The largest absolute Gasteiger partial charge is 0.465 e. The van der Waals surface area contributed by atoms with Gasteiger partial charge in [-0.2, -0.15) is 0 Å². The molecule has 0 bridgehead atoms. The normalized spacial score (nSPS) is 10.8. The lowest BCUT2D eigenvalue weighted by atomic mass is 10.1. The van der Waals surface area contributed by atoms with Crippen molar-refractivity contribution in [3.05, 3.63) is 34.0 Å². The summed E-state index contributed by atoms with van der Waals surface area (Å²) in [7, 11) is 1.37. The Balaban J connectivity index is 2.53. The van der Waals surface area contributed by atoms with Crippen LogP contribution in [0.2, 0.25) is 0 Å². The van der Waals surface area contributed by atoms with E-state index < -0.39 is 0 Å². The first kappa shape index (κ1) is 12.2. The third-order valence-electron chi connectivity index (χ3n) is 2.54. The summed E-state index contributed by atoms with van der Waals surface area (Å²) in [5.41, 5.74) is 1.30. The van der Waals surface area contributed by atoms with Gasteiger partial charge in [-0.25, -0.2) is 4.79 Å². The van der Waals surface area contributed by atoms with Gasteiger partial charge in [0.05, 0.1) is 17.1 Å². The number of benzene rings is 1. The highest BCUT2D eigenvalue weighted by Gasteiger charge is 2.12. The summed E-state index contributed by atoms with van der Waals surface area (Å²) < 4.78 is 11.2. The number of hydrogen-bond acceptors (Lipinski definition) is 3. The number of esters is 1. The monoisotopic (exact) mass is 296 g/mol. The second kappa shape index (κ2) is 4.92. The summed E-state index contributed by atoms with van der Waals surface area (Å²) in [4.78, 5) is 11.5. The maximum Gasteiger partial charge on any atom is 0.337 e. The van der Waals surface area contributed by atoms with Crippen LogP contribution in [-0.2, 0) is 11.2 Å². The van der Waals surface area contributed by atoms with Crippen LogP contribution in [0.3, 0.4) is 0 Å². The van der Waals surface area contributed by atoms with Crippen LogP contribution in [0.15, 0.2) is 27.1 Å². The maximum absolute atomic E-state index is 11.5. The molecule has 0 aliphatic carbocycles. The number of halogens is 1. The molecule has 0 fully saturated rings. The first-order valence-electron chi connectivity index (χ1n) is 5.46. The molecule has 0 N–H and O–H groups in total. The quantitative estimate of drug-likeness (QED) is 0.806. The number of furan rings is 1. The van der Waals surface area contributed by atoms with Crippen LogP contribution in [0.5, 0.6) is 0 Å². The van der Waals surface area contributed by atoms with Crippen LogP contribution in [-0.4, -0.2) is 13.1 Å². The Labute approximate surface area is 108 Å². The zero-order chi connectivity index (χ0) is 12.4. The fraction of sp³-hybridized carbons (Fsp3) is 0.308. The molecule has 0 unspecified atom stereocenters. The predicted molar refractivity (Wildman–Crippen MR) is 69.2 cm³/mol. The van der Waals surface area contributed by atoms with Crippen molar-refractivity contribution in [1.82, 2.24) is 0 Å². The Morgan fingerprint density at radius 1 is 1.41 bits per heavy atom. The van der Waals surface area contributed by atoms with Crippen molar-refractivity contribution in [2.24, 2.45) is 0 Å². The SMILES string of the molecule is CCCc1cc2cc(C(=O)OC)cc(Br)c2o1. The number of carbonyl (C=O) groups is 1. The smallest absolute Gasteiger partial charge is 0.337 e. The molecule has 0 radical (unpaired) electrons. The molecule has 0 aliphatic heterocycles. The van der Waals surface area contributed by atoms with E-state index in [0.717, 1.165) is 34.0 Å². The van der Waals surface area contributed by atoms with E-state index >= 15 is 0 Å². The summed E-state index contributed by atoms with van der Waals surface area (Å²) in [6, 6.07) is 5.47. The second-order valence-corrected chi connectivity index (χ2v) is 4.69. The number of hydrogen-bond donors (Lipinski definition) is 0. The number of aryl methyl sites for hydroxylation is 1. The zero-order valence-corrected chi connectivity index (χ0v) is 11.3. The molecule has 2 rings (SSSR count). The summed E-state index contributed by atoms with van der Waals surface area (Å²) >= 11 is 3.41. The van der Waals surface area contributed by atoms with E-state index in [0.29, 0.717) is 5.56 Å². The first-order chi connectivity index (χ1) is 8.15. The van der Waals surface area contributed by atoms with Crippen molar-refractivity contribution >= 4 is 32.9 Å². The van der Waals surface area contributed by atoms with E-state index in [1.165, 1.54) is 7.11 Å². The maximum atomic E-state index is 11.5. The number of ether oxygens (including phenoxy) is 1. The summed E-state index contributed by atoms with van der Waals surface area (Å²) in [5, 5.41) is 0.920. The summed E-state index contributed by atoms with van der Waals surface area (Å²) in [5.74, 6) is 0.594. The molecule has 17 heavy (non-hydrogen) atoms. The van der Waals surface area contributed by atoms with Gasteiger partial charge in [0.15, 0.2) is 0 Å². The van der Waals surface area contributed by atoms with E-state index in [4.69, 9.17) is 9.15 Å². The molecule has 2 aromatic rings. The predicted octanol–water partition coefficient (Wildman–Crippen LogP) is 3.93. The Morgan fingerprint density at radius 2 is 2.18 bits per heavy atom. The van der Waals surface area contributed by atoms with Crippen molar-refractivity contribution in [1.29, 1.82) is 0 Å². The van der Waals surface area contributed by atoms with Crippen molar-refractivity contribution in [2.45, 2.75) is 19.8 Å². The lowest BCUT2D eigenvalue weighted by Crippen LogP contribution is -2.00. The average molecular weight is 297 g/mol. The van der Waals surface area contributed by atoms with Crippen molar-refractivity contribution in [3.63, 3.8) is 0 Å². The minimum Gasteiger partial charge on any atom is -0.465 e. The van der Waals surface area contributed by atoms with Gasteiger partial charge in [0, 0.05) is 11.8 Å². The minimum atomic E-state index is -0.342. The van der Waals surface area contributed by atoms with Gasteiger partial charge in [-0.1, -0.05) is 6.92 Å². The van der Waals surface area contributed by atoms with Gasteiger partial charge in [0.25, 0.3) is 0 Å². The van der Waals surface area contributed by atoms with Crippen molar-refractivity contribution in [3.8, 4) is 0 Å². The summed E-state index contributed by atoms with van der Waals surface area (Å²) in [6.07, 6.45) is 1.93. The Kier molecular flexibility index (Phi) is 3.52. The molecule has 0 saturated heterocycles. The Bertz CT molecular complexity index is 557. The molecule has 1 aromatic heterocycles. The molecule has 0 atom stereocenters. The van der Waals surface area contributed by atoms with Crippen LogP contribution in [0.25, 0.3) is 11.0 Å². The van der Waals surface area contributed by atoms with Gasteiger partial charge in [-0.15, -0.1) is 0 Å². The van der Waals surface area contributed by atoms with Crippen LogP contribution < -0.4 is 0 Å². The fourth-order valence-corrected chi connectivity index (χ4v) is 2.33. The standard InChI is InChI=1S/C13H13BrO3/c1-3-4-10-6-8-5-9(13(15)16-2)7-11(14)12(8)17-10/h5-7H,3-4H2,1-2H3. The van der Waals surface area contributed by atoms with E-state index in [1.54, 1.807) is 12.1 Å². The topological polar surface area (TPSA) is 39.4 Å². The van der Waals surface area contributed by atoms with E-state index in [1.807, 2.05) is 6.07 Å². The van der Waals surface area contributed by atoms with E-state index in [-0.39, 0.29) is 5.97 Å². The Hall–Kier alpha value is -1.29. The van der Waals surface area contributed by atoms with Crippen LogP contribution in [0, 0.1) is 0 Å². The lowest BCUT2D eigenvalue weighted by Gasteiger charge is -2.00. The highest BCUT2D eigenvalue weighted by atomic mass is 79.9. The number of carbonyl (C=O) groups excluding carboxylic acids is 1. The minimum absolute atomic E-state index is 0.342. The van der Waals surface area contributed by atoms with Gasteiger partial charge >= 0.3 is 5.97 Å².